The Morgan fingerprint density at radius 1 is 0.690 bits per heavy atom. The summed E-state index contributed by atoms with van der Waals surface area (Å²) in [5.74, 6) is 0. The molecule has 2 heterocycles. The molecular formula is C26H17N3. The Morgan fingerprint density at radius 2 is 1.41 bits per heavy atom. The molecule has 0 amide bonds. The van der Waals surface area contributed by atoms with Crippen molar-refractivity contribution >= 4 is 10.9 Å². The number of pyridine rings is 1. The van der Waals surface area contributed by atoms with E-state index in [0.29, 0.717) is 5.56 Å². The normalized spacial score (nSPS) is 10.7. The second-order valence-corrected chi connectivity index (χ2v) is 6.94. The van der Waals surface area contributed by atoms with Gasteiger partial charge < -0.3 is 4.98 Å². The summed E-state index contributed by atoms with van der Waals surface area (Å²) in [7, 11) is 0. The number of fused-ring (bicyclic) bond motifs is 1. The van der Waals surface area contributed by atoms with Crippen molar-refractivity contribution in [3.63, 3.8) is 0 Å². The topological polar surface area (TPSA) is 52.5 Å². The van der Waals surface area contributed by atoms with E-state index in [4.69, 9.17) is 5.26 Å². The lowest BCUT2D eigenvalue weighted by molar-refractivity contribution is 1.30. The Bertz CT molecular complexity index is 1340. The van der Waals surface area contributed by atoms with Crippen molar-refractivity contribution < 1.29 is 0 Å². The van der Waals surface area contributed by atoms with Gasteiger partial charge in [-0.25, -0.2) is 0 Å². The summed E-state index contributed by atoms with van der Waals surface area (Å²) in [6, 6.07) is 31.2. The fourth-order valence-corrected chi connectivity index (χ4v) is 3.75. The number of nitrogens with zero attached hydrogens (tertiary/aromatic N) is 2. The number of nitrogens with one attached hydrogen (secondary N) is 1. The molecule has 0 radical (unpaired) electrons. The molecule has 3 nitrogen and oxygen atoms in total. The minimum Gasteiger partial charge on any atom is -0.354 e. The van der Waals surface area contributed by atoms with Gasteiger partial charge in [0.15, 0.2) is 0 Å². The smallest absolute Gasteiger partial charge is 0.101 e. The lowest BCUT2D eigenvalue weighted by Crippen LogP contribution is -1.85. The van der Waals surface area contributed by atoms with Crippen LogP contribution in [0.3, 0.4) is 0 Å². The molecule has 5 aromatic rings. The predicted molar refractivity (Wildman–Crippen MR) is 117 cm³/mol. The van der Waals surface area contributed by atoms with E-state index in [1.54, 1.807) is 12.4 Å². The van der Waals surface area contributed by atoms with Gasteiger partial charge in [-0.1, -0.05) is 72.8 Å². The molecule has 0 bridgehead atoms. The fraction of sp³-hybridized carbons (Fsp3) is 0. The van der Waals surface area contributed by atoms with Crippen molar-refractivity contribution in [1.82, 2.24) is 9.97 Å². The van der Waals surface area contributed by atoms with Crippen molar-refractivity contribution in [3.8, 4) is 39.6 Å². The Labute approximate surface area is 168 Å². The monoisotopic (exact) mass is 371 g/mol. The number of hydrogen-bond donors (Lipinski definition) is 1. The summed E-state index contributed by atoms with van der Waals surface area (Å²) in [6.07, 6.45) is 3.37. The van der Waals surface area contributed by atoms with Crippen LogP contribution in [0.1, 0.15) is 5.56 Å². The second-order valence-electron chi connectivity index (χ2n) is 6.94. The molecule has 136 valence electrons. The highest BCUT2D eigenvalue weighted by Gasteiger charge is 2.14. The molecule has 0 aliphatic carbocycles. The molecule has 0 aliphatic heterocycles. The Balaban J connectivity index is 1.65. The van der Waals surface area contributed by atoms with Crippen molar-refractivity contribution in [2.24, 2.45) is 0 Å². The summed E-state index contributed by atoms with van der Waals surface area (Å²) in [5.41, 5.74) is 8.29. The van der Waals surface area contributed by atoms with Gasteiger partial charge >= 0.3 is 0 Å². The van der Waals surface area contributed by atoms with Crippen LogP contribution in [0.5, 0.6) is 0 Å². The van der Waals surface area contributed by atoms with Crippen LogP contribution in [-0.4, -0.2) is 9.97 Å². The maximum Gasteiger partial charge on any atom is 0.101 e. The Hall–Kier alpha value is -4.16. The van der Waals surface area contributed by atoms with Crippen LogP contribution in [-0.2, 0) is 0 Å². The first-order chi connectivity index (χ1) is 14.3. The number of aromatic nitrogens is 2. The second kappa shape index (κ2) is 7.10. The average molecular weight is 371 g/mol. The van der Waals surface area contributed by atoms with Crippen LogP contribution in [0.25, 0.3) is 44.4 Å². The van der Waals surface area contributed by atoms with Gasteiger partial charge in [-0.3, -0.25) is 4.98 Å². The highest BCUT2D eigenvalue weighted by molar-refractivity contribution is 6.03. The molecule has 0 aliphatic rings. The zero-order chi connectivity index (χ0) is 19.6. The van der Waals surface area contributed by atoms with E-state index in [1.807, 2.05) is 12.1 Å². The van der Waals surface area contributed by atoms with E-state index < -0.39 is 0 Å². The summed E-state index contributed by atoms with van der Waals surface area (Å²) < 4.78 is 0. The molecule has 2 aromatic heterocycles. The van der Waals surface area contributed by atoms with Gasteiger partial charge in [-0.15, -0.1) is 0 Å². The first-order valence-electron chi connectivity index (χ1n) is 9.45. The molecule has 29 heavy (non-hydrogen) atoms. The first-order valence-corrected chi connectivity index (χ1v) is 9.45. The third kappa shape index (κ3) is 3.07. The number of benzene rings is 3. The van der Waals surface area contributed by atoms with E-state index in [2.05, 4.69) is 88.8 Å². The largest absolute Gasteiger partial charge is 0.354 e. The van der Waals surface area contributed by atoms with E-state index >= 15 is 0 Å². The standard InChI is InChI=1S/C26H17N3/c27-15-18-14-22(17-28-16-18)19-10-12-20(13-11-19)25-23-8-4-5-9-24(23)29-26(25)21-6-2-1-3-7-21/h1-14,16-17,29H. The van der Waals surface area contributed by atoms with Crippen molar-refractivity contribution in [2.45, 2.75) is 0 Å². The summed E-state index contributed by atoms with van der Waals surface area (Å²) >= 11 is 0. The minimum absolute atomic E-state index is 0.564. The number of rotatable bonds is 3. The summed E-state index contributed by atoms with van der Waals surface area (Å²) in [4.78, 5) is 7.77. The van der Waals surface area contributed by atoms with Crippen molar-refractivity contribution in [2.75, 3.05) is 0 Å². The van der Waals surface area contributed by atoms with Crippen LogP contribution >= 0.6 is 0 Å². The third-order valence-electron chi connectivity index (χ3n) is 5.14. The molecule has 0 atom stereocenters. The van der Waals surface area contributed by atoms with Crippen molar-refractivity contribution in [3.05, 3.63) is 103 Å². The van der Waals surface area contributed by atoms with Crippen LogP contribution in [0.2, 0.25) is 0 Å². The zero-order valence-corrected chi connectivity index (χ0v) is 15.6. The molecule has 0 saturated heterocycles. The maximum absolute atomic E-state index is 9.12. The minimum atomic E-state index is 0.564. The fourth-order valence-electron chi connectivity index (χ4n) is 3.75. The molecule has 0 unspecified atom stereocenters. The van der Waals surface area contributed by atoms with Crippen LogP contribution in [0.15, 0.2) is 97.3 Å². The van der Waals surface area contributed by atoms with Gasteiger partial charge in [0.25, 0.3) is 0 Å². The number of H-pyrrole nitrogens is 1. The van der Waals surface area contributed by atoms with Crippen LogP contribution in [0.4, 0.5) is 0 Å². The van der Waals surface area contributed by atoms with Gasteiger partial charge in [-0.2, -0.15) is 5.26 Å². The zero-order valence-electron chi connectivity index (χ0n) is 15.6. The maximum atomic E-state index is 9.12. The van der Waals surface area contributed by atoms with Gasteiger partial charge in [0.05, 0.1) is 11.3 Å². The highest BCUT2D eigenvalue weighted by Crippen LogP contribution is 2.38. The van der Waals surface area contributed by atoms with Crippen molar-refractivity contribution in [1.29, 1.82) is 5.26 Å². The first kappa shape index (κ1) is 17.0. The lowest BCUT2D eigenvalue weighted by atomic mass is 9.96. The van der Waals surface area contributed by atoms with Gasteiger partial charge in [0.2, 0.25) is 0 Å². The molecular weight excluding hydrogens is 354 g/mol. The van der Waals surface area contributed by atoms with Crippen LogP contribution < -0.4 is 0 Å². The molecule has 5 rings (SSSR count). The van der Waals surface area contributed by atoms with Crippen LogP contribution in [0, 0.1) is 11.3 Å². The molecule has 1 N–H and O–H groups in total. The molecule has 3 aromatic carbocycles. The molecule has 3 heteroatoms. The summed E-state index contributed by atoms with van der Waals surface area (Å²) in [6.45, 7) is 0. The third-order valence-corrected chi connectivity index (χ3v) is 5.14. The molecule has 0 fully saturated rings. The number of para-hydroxylation sites is 1. The average Bonchev–Trinajstić information content (AvgIpc) is 3.19. The Kier molecular flexibility index (Phi) is 4.16. The summed E-state index contributed by atoms with van der Waals surface area (Å²) in [5, 5.41) is 10.3. The van der Waals surface area contributed by atoms with E-state index in [0.717, 1.165) is 33.5 Å². The van der Waals surface area contributed by atoms with E-state index in [-0.39, 0.29) is 0 Å². The highest BCUT2D eigenvalue weighted by atomic mass is 14.7. The number of aromatic amines is 1. The number of hydrogen-bond acceptors (Lipinski definition) is 2. The van der Waals surface area contributed by atoms with E-state index in [9.17, 15) is 0 Å². The SMILES string of the molecule is N#Cc1cncc(-c2ccc(-c3c(-c4ccccc4)[nH]c4ccccc34)cc2)c1. The quantitative estimate of drug-likeness (QED) is 0.397. The lowest BCUT2D eigenvalue weighted by Gasteiger charge is -2.08. The molecule has 0 spiro atoms. The predicted octanol–water partition coefficient (Wildman–Crippen LogP) is 6.44. The number of nitriles is 1. The van der Waals surface area contributed by atoms with Gasteiger partial charge in [0.1, 0.15) is 6.07 Å². The van der Waals surface area contributed by atoms with Gasteiger partial charge in [-0.05, 0) is 28.8 Å². The van der Waals surface area contributed by atoms with Gasteiger partial charge in [0, 0.05) is 34.4 Å². The molecule has 0 saturated carbocycles. The van der Waals surface area contributed by atoms with E-state index in [1.165, 1.54) is 10.9 Å². The Morgan fingerprint density at radius 3 is 2.21 bits per heavy atom.